The van der Waals surface area contributed by atoms with Crippen LogP contribution in [-0.4, -0.2) is 49.6 Å². The number of nitrogens with one attached hydrogen (secondary N) is 1. The minimum Gasteiger partial charge on any atom is -0.345 e. The van der Waals surface area contributed by atoms with Crippen molar-refractivity contribution in [3.05, 3.63) is 28.2 Å². The van der Waals surface area contributed by atoms with Gasteiger partial charge in [0.05, 0.1) is 11.0 Å². The van der Waals surface area contributed by atoms with Crippen LogP contribution in [0.3, 0.4) is 0 Å². The summed E-state index contributed by atoms with van der Waals surface area (Å²) >= 11 is 1.49. The van der Waals surface area contributed by atoms with Gasteiger partial charge in [-0.2, -0.15) is 5.10 Å². The molecule has 2 aromatic heterocycles. The zero-order valence-corrected chi connectivity index (χ0v) is 16.7. The third-order valence-electron chi connectivity index (χ3n) is 6.61. The second-order valence-electron chi connectivity index (χ2n) is 8.25. The van der Waals surface area contributed by atoms with E-state index >= 15 is 0 Å². The number of hydrogen-bond donors (Lipinski definition) is 1. The number of likely N-dealkylation sites (tertiary alicyclic amines) is 1. The molecule has 5 rings (SSSR count). The first-order chi connectivity index (χ1) is 13.6. The highest BCUT2D eigenvalue weighted by atomic mass is 32.1. The fourth-order valence-corrected chi connectivity index (χ4v) is 5.28. The van der Waals surface area contributed by atoms with Crippen molar-refractivity contribution in [1.29, 1.82) is 0 Å². The van der Waals surface area contributed by atoms with Crippen molar-refractivity contribution in [1.82, 2.24) is 30.0 Å². The Hall–Kier alpha value is -2.29. The van der Waals surface area contributed by atoms with Gasteiger partial charge in [-0.15, -0.1) is 11.3 Å². The van der Waals surface area contributed by atoms with E-state index in [0.717, 1.165) is 49.5 Å². The average molecular weight is 401 g/mol. The third-order valence-corrected chi connectivity index (χ3v) is 7.38. The molecule has 0 unspecified atom stereocenters. The van der Waals surface area contributed by atoms with Gasteiger partial charge in [0.15, 0.2) is 0 Å². The second-order valence-corrected chi connectivity index (χ2v) is 9.31. The molecule has 2 aliphatic heterocycles. The predicted octanol–water partition coefficient (Wildman–Crippen LogP) is 1.94. The third kappa shape index (κ3) is 2.83. The zero-order valence-electron chi connectivity index (χ0n) is 15.9. The van der Waals surface area contributed by atoms with Crippen LogP contribution in [0, 0.1) is 18.3 Å². The lowest BCUT2D eigenvalue weighted by molar-refractivity contribution is -0.129. The standard InChI is InChI=1S/C19H24N6O2S/c1-12-22-14(9-28-12)18(27)24-7-5-19(10-24)6-8-25-16(20-11-21-25)15(19)23-17(26)13-3-2-4-13/h9,11,13,15H,2-8,10H2,1H3,(H,23,26)/t15-,19-/m0/s1. The van der Waals surface area contributed by atoms with Crippen molar-refractivity contribution in [3.63, 3.8) is 0 Å². The fraction of sp³-hybridized carbons (Fsp3) is 0.632. The minimum absolute atomic E-state index is 0.0164. The highest BCUT2D eigenvalue weighted by Crippen LogP contribution is 2.48. The number of aryl methyl sites for hydroxylation is 2. The van der Waals surface area contributed by atoms with Crippen LogP contribution in [-0.2, 0) is 11.3 Å². The molecule has 0 aromatic carbocycles. The van der Waals surface area contributed by atoms with E-state index in [1.807, 2.05) is 21.9 Å². The molecular weight excluding hydrogens is 376 g/mol. The Kier molecular flexibility index (Phi) is 4.22. The number of rotatable bonds is 3. The lowest BCUT2D eigenvalue weighted by atomic mass is 9.73. The molecule has 3 aliphatic rings. The van der Waals surface area contributed by atoms with Crippen LogP contribution in [0.4, 0.5) is 0 Å². The highest BCUT2D eigenvalue weighted by molar-refractivity contribution is 7.09. The van der Waals surface area contributed by atoms with Crippen molar-refractivity contribution >= 4 is 23.2 Å². The number of hydrogen-bond acceptors (Lipinski definition) is 6. The van der Waals surface area contributed by atoms with Crippen LogP contribution in [0.1, 0.15) is 59.5 Å². The van der Waals surface area contributed by atoms with Gasteiger partial charge in [-0.1, -0.05) is 6.42 Å². The molecule has 148 valence electrons. The molecule has 1 saturated carbocycles. The van der Waals surface area contributed by atoms with E-state index in [9.17, 15) is 9.59 Å². The molecule has 2 amide bonds. The summed E-state index contributed by atoms with van der Waals surface area (Å²) in [5.41, 5.74) is 0.331. The van der Waals surface area contributed by atoms with Crippen molar-refractivity contribution in [2.75, 3.05) is 13.1 Å². The summed E-state index contributed by atoms with van der Waals surface area (Å²) in [4.78, 5) is 36.4. The molecule has 0 radical (unpaired) electrons. The minimum atomic E-state index is -0.202. The number of carbonyl (C=O) groups is 2. The highest BCUT2D eigenvalue weighted by Gasteiger charge is 2.51. The van der Waals surface area contributed by atoms with Crippen molar-refractivity contribution < 1.29 is 9.59 Å². The van der Waals surface area contributed by atoms with Gasteiger partial charge in [-0.05, 0) is 32.6 Å². The van der Waals surface area contributed by atoms with Gasteiger partial charge >= 0.3 is 0 Å². The van der Waals surface area contributed by atoms with Gasteiger partial charge in [-0.3, -0.25) is 9.59 Å². The molecular formula is C19H24N6O2S. The lowest BCUT2D eigenvalue weighted by Crippen LogP contribution is -2.49. The lowest BCUT2D eigenvalue weighted by Gasteiger charge is -2.41. The number of fused-ring (bicyclic) bond motifs is 1. The molecule has 1 aliphatic carbocycles. The molecule has 9 heteroatoms. The van der Waals surface area contributed by atoms with E-state index in [2.05, 4.69) is 20.4 Å². The monoisotopic (exact) mass is 400 g/mol. The fourth-order valence-electron chi connectivity index (χ4n) is 4.70. The van der Waals surface area contributed by atoms with Crippen LogP contribution in [0.2, 0.25) is 0 Å². The zero-order chi connectivity index (χ0) is 19.3. The van der Waals surface area contributed by atoms with Gasteiger partial charge in [0.25, 0.3) is 5.91 Å². The molecule has 1 spiro atoms. The van der Waals surface area contributed by atoms with Crippen LogP contribution in [0.25, 0.3) is 0 Å². The van der Waals surface area contributed by atoms with Gasteiger partial charge in [-0.25, -0.2) is 14.6 Å². The maximum absolute atomic E-state index is 12.9. The Balaban J connectivity index is 1.40. The van der Waals surface area contributed by atoms with Gasteiger partial charge in [0, 0.05) is 36.3 Å². The van der Waals surface area contributed by atoms with Crippen molar-refractivity contribution in [2.24, 2.45) is 11.3 Å². The molecule has 1 saturated heterocycles. The van der Waals surface area contributed by atoms with E-state index in [0.29, 0.717) is 18.8 Å². The molecule has 28 heavy (non-hydrogen) atoms. The molecule has 2 atom stereocenters. The summed E-state index contributed by atoms with van der Waals surface area (Å²) in [6, 6.07) is -0.202. The van der Waals surface area contributed by atoms with Crippen LogP contribution in [0.15, 0.2) is 11.7 Å². The van der Waals surface area contributed by atoms with Crippen LogP contribution in [0.5, 0.6) is 0 Å². The molecule has 2 aromatic rings. The summed E-state index contributed by atoms with van der Waals surface area (Å²) in [7, 11) is 0. The average Bonchev–Trinajstić information content (AvgIpc) is 3.35. The quantitative estimate of drug-likeness (QED) is 0.850. The predicted molar refractivity (Wildman–Crippen MR) is 103 cm³/mol. The molecule has 1 N–H and O–H groups in total. The Morgan fingerprint density at radius 1 is 1.29 bits per heavy atom. The molecule has 8 nitrogen and oxygen atoms in total. The van der Waals surface area contributed by atoms with Gasteiger partial charge in [0.2, 0.25) is 5.91 Å². The Morgan fingerprint density at radius 2 is 2.11 bits per heavy atom. The van der Waals surface area contributed by atoms with Crippen LogP contribution < -0.4 is 5.32 Å². The maximum atomic E-state index is 12.9. The van der Waals surface area contributed by atoms with Crippen molar-refractivity contribution in [3.8, 4) is 0 Å². The van der Waals surface area contributed by atoms with E-state index < -0.39 is 0 Å². The smallest absolute Gasteiger partial charge is 0.273 e. The van der Waals surface area contributed by atoms with Gasteiger partial charge in [0.1, 0.15) is 17.8 Å². The Bertz CT molecular complexity index is 919. The first-order valence-corrected chi connectivity index (χ1v) is 10.8. The summed E-state index contributed by atoms with van der Waals surface area (Å²) in [6.45, 7) is 3.97. The van der Waals surface area contributed by atoms with Gasteiger partial charge < -0.3 is 10.2 Å². The number of aromatic nitrogens is 4. The first kappa shape index (κ1) is 17.8. The second kappa shape index (κ2) is 6.65. The number of nitrogens with zero attached hydrogens (tertiary/aromatic N) is 5. The van der Waals surface area contributed by atoms with Crippen molar-refractivity contribution in [2.45, 2.75) is 51.6 Å². The van der Waals surface area contributed by atoms with E-state index in [1.165, 1.54) is 11.3 Å². The largest absolute Gasteiger partial charge is 0.345 e. The summed E-state index contributed by atoms with van der Waals surface area (Å²) < 4.78 is 1.89. The van der Waals surface area contributed by atoms with E-state index in [1.54, 1.807) is 6.33 Å². The molecule has 2 fully saturated rings. The Labute approximate surface area is 167 Å². The first-order valence-electron chi connectivity index (χ1n) is 9.95. The van der Waals surface area contributed by atoms with E-state index in [-0.39, 0.29) is 29.2 Å². The maximum Gasteiger partial charge on any atom is 0.273 e. The SMILES string of the molecule is Cc1nc(C(=O)N2CC[C@]3(CCn4ncnc4[C@@H]3NC(=O)C3CCC3)C2)cs1. The number of thiazole rings is 1. The molecule has 0 bridgehead atoms. The summed E-state index contributed by atoms with van der Waals surface area (Å²) in [5, 5.41) is 10.3. The topological polar surface area (TPSA) is 93.0 Å². The summed E-state index contributed by atoms with van der Waals surface area (Å²) in [6.07, 6.45) is 6.34. The molecule has 4 heterocycles. The van der Waals surface area contributed by atoms with E-state index in [4.69, 9.17) is 0 Å². The van der Waals surface area contributed by atoms with Crippen LogP contribution >= 0.6 is 11.3 Å². The number of amides is 2. The Morgan fingerprint density at radius 3 is 2.82 bits per heavy atom. The normalized spacial score (nSPS) is 26.9. The summed E-state index contributed by atoms with van der Waals surface area (Å²) in [5.74, 6) is 1.04. The number of carbonyl (C=O) groups excluding carboxylic acids is 2.